The van der Waals surface area contributed by atoms with Gasteiger partial charge in [0.05, 0.1) is 11.0 Å². The van der Waals surface area contributed by atoms with Crippen molar-refractivity contribution in [3.8, 4) is 16.8 Å². The molecule has 3 heterocycles. The maximum atomic E-state index is 6.25. The van der Waals surface area contributed by atoms with E-state index in [1.165, 1.54) is 21.8 Å². The van der Waals surface area contributed by atoms with Crippen LogP contribution in [0.15, 0.2) is 168 Å². The van der Waals surface area contributed by atoms with Crippen molar-refractivity contribution in [3.05, 3.63) is 164 Å². The van der Waals surface area contributed by atoms with E-state index in [-0.39, 0.29) is 0 Å². The molecule has 4 nitrogen and oxygen atoms in total. The summed E-state index contributed by atoms with van der Waals surface area (Å²) in [4.78, 5) is 7.14. The lowest BCUT2D eigenvalue weighted by Gasteiger charge is -2.24. The van der Waals surface area contributed by atoms with Gasteiger partial charge in [0.1, 0.15) is 17.0 Å². The largest absolute Gasteiger partial charge is 0.456 e. The maximum absolute atomic E-state index is 6.25. The highest BCUT2D eigenvalue weighted by Gasteiger charge is 2.18. The van der Waals surface area contributed by atoms with Crippen molar-refractivity contribution in [2.24, 2.45) is 0 Å². The van der Waals surface area contributed by atoms with Gasteiger partial charge in [-0.3, -0.25) is 4.90 Å². The smallest absolute Gasteiger partial charge is 0.141 e. The minimum absolute atomic E-state index is 0.795. The zero-order chi connectivity index (χ0) is 29.7. The predicted molar refractivity (Wildman–Crippen MR) is 186 cm³/mol. The molecule has 0 unspecified atom stereocenters. The Morgan fingerprint density at radius 1 is 0.467 bits per heavy atom. The summed E-state index contributed by atoms with van der Waals surface area (Å²) in [6, 6.07) is 55.2. The second-order valence-electron chi connectivity index (χ2n) is 11.3. The standard InChI is InChI=1S/C41H27N3O/c1-2-14-30(15-3-1)43(41-26-40-36(27-42-41)35-20-6-9-23-39(35)45-40)31-16-10-12-28(24-31)29-13-11-17-32(25-29)44-37-21-7-4-18-33(37)34-19-5-8-22-38(34)44/h1-27H. The van der Waals surface area contributed by atoms with Crippen LogP contribution in [0.5, 0.6) is 0 Å². The normalized spacial score (nSPS) is 11.6. The van der Waals surface area contributed by atoms with Gasteiger partial charge in [-0.15, -0.1) is 0 Å². The lowest BCUT2D eigenvalue weighted by molar-refractivity contribution is 0.668. The summed E-state index contributed by atoms with van der Waals surface area (Å²) < 4.78 is 8.61. The van der Waals surface area contributed by atoms with E-state index in [4.69, 9.17) is 9.40 Å². The van der Waals surface area contributed by atoms with E-state index in [1.807, 2.05) is 36.5 Å². The van der Waals surface area contributed by atoms with Gasteiger partial charge in [-0.2, -0.15) is 0 Å². The molecule has 0 radical (unpaired) electrons. The van der Waals surface area contributed by atoms with E-state index in [0.717, 1.165) is 55.9 Å². The Kier molecular flexibility index (Phi) is 5.78. The number of pyridine rings is 1. The van der Waals surface area contributed by atoms with Crippen molar-refractivity contribution >= 4 is 60.9 Å². The second-order valence-corrected chi connectivity index (χ2v) is 11.3. The highest BCUT2D eigenvalue weighted by Crippen LogP contribution is 2.39. The number of aromatic nitrogens is 2. The molecule has 0 fully saturated rings. The molecule has 0 N–H and O–H groups in total. The third-order valence-electron chi connectivity index (χ3n) is 8.61. The molecular weight excluding hydrogens is 550 g/mol. The molecule has 9 rings (SSSR count). The molecule has 9 aromatic rings. The highest BCUT2D eigenvalue weighted by molar-refractivity contribution is 6.09. The van der Waals surface area contributed by atoms with Crippen LogP contribution >= 0.6 is 0 Å². The molecule has 4 heteroatoms. The zero-order valence-corrected chi connectivity index (χ0v) is 24.3. The molecule has 0 aliphatic carbocycles. The average molecular weight is 578 g/mol. The first-order valence-electron chi connectivity index (χ1n) is 15.1. The van der Waals surface area contributed by atoms with Crippen LogP contribution in [-0.4, -0.2) is 9.55 Å². The predicted octanol–water partition coefficient (Wildman–Crippen LogP) is 11.2. The number of para-hydroxylation sites is 4. The number of fused-ring (bicyclic) bond motifs is 6. The van der Waals surface area contributed by atoms with E-state index in [9.17, 15) is 0 Å². The van der Waals surface area contributed by atoms with Crippen LogP contribution in [0.25, 0.3) is 60.6 Å². The fraction of sp³-hybridized carbons (Fsp3) is 0. The molecule has 212 valence electrons. The van der Waals surface area contributed by atoms with Gasteiger partial charge in [0.2, 0.25) is 0 Å². The van der Waals surface area contributed by atoms with Crippen molar-refractivity contribution in [2.75, 3.05) is 4.90 Å². The van der Waals surface area contributed by atoms with Gasteiger partial charge < -0.3 is 8.98 Å². The van der Waals surface area contributed by atoms with E-state index >= 15 is 0 Å². The molecule has 3 aromatic heterocycles. The molecule has 0 bridgehead atoms. The third-order valence-corrected chi connectivity index (χ3v) is 8.61. The number of benzene rings is 6. The minimum atomic E-state index is 0.795. The summed E-state index contributed by atoms with van der Waals surface area (Å²) in [6.45, 7) is 0. The number of hydrogen-bond donors (Lipinski definition) is 0. The monoisotopic (exact) mass is 577 g/mol. The Bertz CT molecular complexity index is 2450. The first-order valence-corrected chi connectivity index (χ1v) is 15.1. The molecule has 0 atom stereocenters. The topological polar surface area (TPSA) is 34.2 Å². The third kappa shape index (κ3) is 4.19. The van der Waals surface area contributed by atoms with Crippen molar-refractivity contribution in [1.29, 1.82) is 0 Å². The molecule has 0 saturated carbocycles. The Hall–Kier alpha value is -6.13. The van der Waals surface area contributed by atoms with Crippen LogP contribution in [0.2, 0.25) is 0 Å². The SMILES string of the molecule is c1ccc(N(c2cccc(-c3cccc(-n4c5ccccc5c5ccccc54)c3)c2)c2cc3oc4ccccc4c3cn2)cc1. The number of hydrogen-bond acceptors (Lipinski definition) is 3. The van der Waals surface area contributed by atoms with Crippen LogP contribution in [-0.2, 0) is 0 Å². The Balaban J connectivity index is 1.18. The first kappa shape index (κ1) is 25.4. The van der Waals surface area contributed by atoms with Crippen molar-refractivity contribution in [2.45, 2.75) is 0 Å². The second kappa shape index (κ2) is 10.2. The first-order chi connectivity index (χ1) is 22.3. The van der Waals surface area contributed by atoms with Crippen LogP contribution in [0.4, 0.5) is 17.2 Å². The van der Waals surface area contributed by atoms with Gasteiger partial charge in [-0.05, 0) is 65.7 Å². The highest BCUT2D eigenvalue weighted by atomic mass is 16.3. The molecule has 6 aromatic carbocycles. The summed E-state index contributed by atoms with van der Waals surface area (Å²) >= 11 is 0. The summed E-state index contributed by atoms with van der Waals surface area (Å²) in [7, 11) is 0. The number of nitrogens with zero attached hydrogens (tertiary/aromatic N) is 3. The van der Waals surface area contributed by atoms with Gasteiger partial charge in [0, 0.05) is 50.9 Å². The molecule has 0 amide bonds. The molecule has 0 saturated heterocycles. The van der Waals surface area contributed by atoms with Gasteiger partial charge in [-0.1, -0.05) is 97.1 Å². The van der Waals surface area contributed by atoms with Crippen molar-refractivity contribution in [3.63, 3.8) is 0 Å². The van der Waals surface area contributed by atoms with Gasteiger partial charge in [-0.25, -0.2) is 4.98 Å². The quantitative estimate of drug-likeness (QED) is 0.204. The van der Waals surface area contributed by atoms with Crippen LogP contribution in [0.1, 0.15) is 0 Å². The van der Waals surface area contributed by atoms with Crippen LogP contribution in [0.3, 0.4) is 0 Å². The lowest BCUT2D eigenvalue weighted by Crippen LogP contribution is -2.11. The Morgan fingerprint density at radius 2 is 1.09 bits per heavy atom. The fourth-order valence-corrected chi connectivity index (χ4v) is 6.57. The summed E-state index contributed by atoms with van der Waals surface area (Å²) in [6.07, 6.45) is 1.92. The fourth-order valence-electron chi connectivity index (χ4n) is 6.57. The van der Waals surface area contributed by atoms with Gasteiger partial charge in [0.15, 0.2) is 0 Å². The number of anilines is 3. The number of furan rings is 1. The van der Waals surface area contributed by atoms with Gasteiger partial charge >= 0.3 is 0 Å². The lowest BCUT2D eigenvalue weighted by atomic mass is 10.0. The van der Waals surface area contributed by atoms with Crippen molar-refractivity contribution in [1.82, 2.24) is 9.55 Å². The van der Waals surface area contributed by atoms with E-state index in [0.29, 0.717) is 0 Å². The zero-order valence-electron chi connectivity index (χ0n) is 24.3. The van der Waals surface area contributed by atoms with Crippen LogP contribution in [0, 0.1) is 0 Å². The van der Waals surface area contributed by atoms with Crippen LogP contribution < -0.4 is 4.90 Å². The molecule has 45 heavy (non-hydrogen) atoms. The Labute approximate surface area is 260 Å². The van der Waals surface area contributed by atoms with E-state index in [1.54, 1.807) is 0 Å². The summed E-state index contributed by atoms with van der Waals surface area (Å²) in [5.41, 5.74) is 9.53. The summed E-state index contributed by atoms with van der Waals surface area (Å²) in [5, 5.41) is 4.60. The minimum Gasteiger partial charge on any atom is -0.456 e. The summed E-state index contributed by atoms with van der Waals surface area (Å²) in [5.74, 6) is 0.795. The molecule has 0 spiro atoms. The molecular formula is C41H27N3O. The van der Waals surface area contributed by atoms with Gasteiger partial charge in [0.25, 0.3) is 0 Å². The Morgan fingerprint density at radius 3 is 1.87 bits per heavy atom. The average Bonchev–Trinajstić information content (AvgIpc) is 3.65. The van der Waals surface area contributed by atoms with E-state index in [2.05, 4.69) is 137 Å². The van der Waals surface area contributed by atoms with Crippen molar-refractivity contribution < 1.29 is 4.42 Å². The maximum Gasteiger partial charge on any atom is 0.141 e. The molecule has 0 aliphatic heterocycles. The molecule has 0 aliphatic rings. The van der Waals surface area contributed by atoms with E-state index < -0.39 is 0 Å². The number of rotatable bonds is 5.